The number of hydrogen-bond donors (Lipinski definition) is 2. The summed E-state index contributed by atoms with van der Waals surface area (Å²) in [5.74, 6) is 0.184. The molecule has 14 heavy (non-hydrogen) atoms. The SMILES string of the molecule is CCN=Cc1c(O)[nH]c2ccccc12. The predicted molar refractivity (Wildman–Crippen MR) is 58.1 cm³/mol. The van der Waals surface area contributed by atoms with E-state index < -0.39 is 0 Å². The first-order valence-corrected chi connectivity index (χ1v) is 4.62. The Bertz CT molecular complexity index is 471. The summed E-state index contributed by atoms with van der Waals surface area (Å²) in [6.07, 6.45) is 1.70. The summed E-state index contributed by atoms with van der Waals surface area (Å²) < 4.78 is 0. The lowest BCUT2D eigenvalue weighted by atomic mass is 10.2. The molecule has 1 aromatic heterocycles. The lowest BCUT2D eigenvalue weighted by molar-refractivity contribution is 0.457. The van der Waals surface area contributed by atoms with Crippen LogP contribution in [0, 0.1) is 0 Å². The minimum atomic E-state index is 0.184. The molecule has 1 heterocycles. The molecule has 3 nitrogen and oxygen atoms in total. The Morgan fingerprint density at radius 1 is 1.43 bits per heavy atom. The Hall–Kier alpha value is -1.77. The Morgan fingerprint density at radius 2 is 2.21 bits per heavy atom. The van der Waals surface area contributed by atoms with Gasteiger partial charge in [0.25, 0.3) is 0 Å². The fraction of sp³-hybridized carbons (Fsp3) is 0.182. The van der Waals surface area contributed by atoms with Gasteiger partial charge in [0, 0.05) is 23.7 Å². The molecule has 0 saturated heterocycles. The van der Waals surface area contributed by atoms with Crippen LogP contribution in [0.15, 0.2) is 29.3 Å². The number of benzene rings is 1. The van der Waals surface area contributed by atoms with Gasteiger partial charge in [-0.05, 0) is 13.0 Å². The zero-order valence-corrected chi connectivity index (χ0v) is 7.99. The van der Waals surface area contributed by atoms with Gasteiger partial charge >= 0.3 is 0 Å². The number of rotatable bonds is 2. The molecule has 1 aromatic carbocycles. The monoisotopic (exact) mass is 188 g/mol. The lowest BCUT2D eigenvalue weighted by Gasteiger charge is -1.90. The Morgan fingerprint density at radius 3 is 3.00 bits per heavy atom. The standard InChI is InChI=1S/C11H12N2O/c1-2-12-7-9-8-5-3-4-6-10(8)13-11(9)14/h3-7,13-14H,2H2,1H3. The van der Waals surface area contributed by atoms with Gasteiger partial charge < -0.3 is 10.1 Å². The van der Waals surface area contributed by atoms with Crippen LogP contribution >= 0.6 is 0 Å². The summed E-state index contributed by atoms with van der Waals surface area (Å²) in [7, 11) is 0. The molecule has 0 bridgehead atoms. The highest BCUT2D eigenvalue weighted by Crippen LogP contribution is 2.24. The smallest absolute Gasteiger partial charge is 0.198 e. The summed E-state index contributed by atoms with van der Waals surface area (Å²) in [6.45, 7) is 2.68. The molecule has 0 saturated carbocycles. The maximum atomic E-state index is 9.61. The Labute approximate surface area is 82.1 Å². The van der Waals surface area contributed by atoms with Gasteiger partial charge in [-0.1, -0.05) is 18.2 Å². The summed E-state index contributed by atoms with van der Waals surface area (Å²) >= 11 is 0. The first kappa shape index (κ1) is 8.81. The number of H-pyrrole nitrogens is 1. The highest BCUT2D eigenvalue weighted by Gasteiger charge is 2.06. The first-order chi connectivity index (χ1) is 6.83. The van der Waals surface area contributed by atoms with Crippen LogP contribution < -0.4 is 0 Å². The molecule has 0 unspecified atom stereocenters. The van der Waals surface area contributed by atoms with Crippen LogP contribution in [0.3, 0.4) is 0 Å². The van der Waals surface area contributed by atoms with Crippen molar-refractivity contribution in [2.24, 2.45) is 4.99 Å². The van der Waals surface area contributed by atoms with Crippen LogP contribution in [0.2, 0.25) is 0 Å². The van der Waals surface area contributed by atoms with Crippen molar-refractivity contribution in [2.45, 2.75) is 6.92 Å². The molecule has 0 fully saturated rings. The van der Waals surface area contributed by atoms with Crippen LogP contribution in [-0.2, 0) is 0 Å². The molecule has 2 rings (SSSR count). The minimum absolute atomic E-state index is 0.184. The maximum Gasteiger partial charge on any atom is 0.198 e. The Balaban J connectivity index is 2.62. The van der Waals surface area contributed by atoms with E-state index in [4.69, 9.17) is 0 Å². The largest absolute Gasteiger partial charge is 0.494 e. The van der Waals surface area contributed by atoms with E-state index in [1.165, 1.54) is 0 Å². The van der Waals surface area contributed by atoms with Crippen LogP contribution in [0.25, 0.3) is 10.9 Å². The number of aromatic nitrogens is 1. The van der Waals surface area contributed by atoms with E-state index in [-0.39, 0.29) is 5.88 Å². The third-order valence-electron chi connectivity index (χ3n) is 2.13. The third-order valence-corrected chi connectivity index (χ3v) is 2.13. The van der Waals surface area contributed by atoms with Gasteiger partial charge in [0.2, 0.25) is 0 Å². The van der Waals surface area contributed by atoms with Gasteiger partial charge in [-0.3, -0.25) is 4.99 Å². The Kier molecular flexibility index (Phi) is 2.23. The molecule has 72 valence electrons. The van der Waals surface area contributed by atoms with Crippen molar-refractivity contribution in [1.82, 2.24) is 4.98 Å². The van der Waals surface area contributed by atoms with Gasteiger partial charge in [-0.25, -0.2) is 0 Å². The van der Waals surface area contributed by atoms with Crippen molar-refractivity contribution in [3.05, 3.63) is 29.8 Å². The fourth-order valence-corrected chi connectivity index (χ4v) is 1.46. The molecule has 0 spiro atoms. The number of aromatic hydroxyl groups is 1. The number of para-hydroxylation sites is 1. The topological polar surface area (TPSA) is 48.4 Å². The van der Waals surface area contributed by atoms with Crippen LogP contribution in [0.1, 0.15) is 12.5 Å². The van der Waals surface area contributed by atoms with Crippen molar-refractivity contribution in [2.75, 3.05) is 6.54 Å². The first-order valence-electron chi connectivity index (χ1n) is 4.62. The number of nitrogens with zero attached hydrogens (tertiary/aromatic N) is 1. The van der Waals surface area contributed by atoms with E-state index in [0.717, 1.165) is 23.0 Å². The molecule has 0 aliphatic rings. The summed E-state index contributed by atoms with van der Waals surface area (Å²) in [4.78, 5) is 7.02. The zero-order valence-electron chi connectivity index (χ0n) is 7.99. The van der Waals surface area contributed by atoms with E-state index in [1.54, 1.807) is 6.21 Å². The molecule has 0 amide bonds. The van der Waals surface area contributed by atoms with Gasteiger partial charge in [0.05, 0.1) is 5.56 Å². The second kappa shape index (κ2) is 3.54. The summed E-state index contributed by atoms with van der Waals surface area (Å²) in [6, 6.07) is 7.76. The molecule has 3 heteroatoms. The second-order valence-electron chi connectivity index (χ2n) is 3.06. The molecular formula is C11H12N2O. The van der Waals surface area contributed by atoms with Crippen molar-refractivity contribution in [3.63, 3.8) is 0 Å². The molecule has 0 radical (unpaired) electrons. The van der Waals surface area contributed by atoms with E-state index in [1.807, 2.05) is 31.2 Å². The molecule has 0 aliphatic carbocycles. The van der Waals surface area contributed by atoms with Crippen molar-refractivity contribution in [1.29, 1.82) is 0 Å². The number of fused-ring (bicyclic) bond motifs is 1. The second-order valence-corrected chi connectivity index (χ2v) is 3.06. The minimum Gasteiger partial charge on any atom is -0.494 e. The summed E-state index contributed by atoms with van der Waals surface area (Å²) in [5.41, 5.74) is 1.70. The molecule has 0 atom stereocenters. The fourth-order valence-electron chi connectivity index (χ4n) is 1.46. The average molecular weight is 188 g/mol. The van der Waals surface area contributed by atoms with Crippen LogP contribution in [-0.4, -0.2) is 22.8 Å². The molecular weight excluding hydrogens is 176 g/mol. The van der Waals surface area contributed by atoms with Crippen molar-refractivity contribution in [3.8, 4) is 5.88 Å². The number of hydrogen-bond acceptors (Lipinski definition) is 2. The number of aliphatic imine (C=N–C) groups is 1. The lowest BCUT2D eigenvalue weighted by Crippen LogP contribution is -1.80. The van der Waals surface area contributed by atoms with E-state index in [2.05, 4.69) is 9.98 Å². The average Bonchev–Trinajstić information content (AvgIpc) is 2.51. The van der Waals surface area contributed by atoms with Crippen LogP contribution in [0.5, 0.6) is 5.88 Å². The van der Waals surface area contributed by atoms with E-state index in [9.17, 15) is 5.11 Å². The van der Waals surface area contributed by atoms with Gasteiger partial charge in [0.15, 0.2) is 5.88 Å². The summed E-state index contributed by atoms with van der Waals surface area (Å²) in [5, 5.41) is 10.6. The molecule has 0 aliphatic heterocycles. The molecule has 2 aromatic rings. The van der Waals surface area contributed by atoms with E-state index in [0.29, 0.717) is 0 Å². The van der Waals surface area contributed by atoms with Gasteiger partial charge in [0.1, 0.15) is 0 Å². The highest BCUT2D eigenvalue weighted by molar-refractivity contribution is 6.01. The number of aromatic amines is 1. The molecule has 2 N–H and O–H groups in total. The van der Waals surface area contributed by atoms with Crippen molar-refractivity contribution >= 4 is 17.1 Å². The maximum absolute atomic E-state index is 9.61. The van der Waals surface area contributed by atoms with Gasteiger partial charge in [-0.2, -0.15) is 0 Å². The zero-order chi connectivity index (χ0) is 9.97. The normalized spacial score (nSPS) is 11.5. The van der Waals surface area contributed by atoms with Gasteiger partial charge in [-0.15, -0.1) is 0 Å². The van der Waals surface area contributed by atoms with Crippen molar-refractivity contribution < 1.29 is 5.11 Å². The van der Waals surface area contributed by atoms with Crippen LogP contribution in [0.4, 0.5) is 0 Å². The predicted octanol–water partition coefficient (Wildman–Crippen LogP) is 2.31. The highest BCUT2D eigenvalue weighted by atomic mass is 16.3. The quantitative estimate of drug-likeness (QED) is 0.698. The number of nitrogens with one attached hydrogen (secondary N) is 1. The van der Waals surface area contributed by atoms with E-state index >= 15 is 0 Å². The third kappa shape index (κ3) is 1.37.